The Kier molecular flexibility index (Phi) is 4.90. The van der Waals surface area contributed by atoms with Crippen molar-refractivity contribution < 1.29 is 4.74 Å². The lowest BCUT2D eigenvalue weighted by Gasteiger charge is -2.23. The molecule has 0 unspecified atom stereocenters. The SMILES string of the molecule is COCCn1cnnc1CN(C)c1nc(C(C)(C)C)nc2c1cnn2C. The topological polar surface area (TPSA) is 86.8 Å². The van der Waals surface area contributed by atoms with Crippen LogP contribution in [0.25, 0.3) is 11.0 Å². The molecule has 3 heterocycles. The second kappa shape index (κ2) is 6.99. The lowest BCUT2D eigenvalue weighted by Crippen LogP contribution is -2.24. The fourth-order valence-electron chi connectivity index (χ4n) is 2.70. The van der Waals surface area contributed by atoms with Crippen LogP contribution in [0.3, 0.4) is 0 Å². The molecule has 0 spiro atoms. The minimum Gasteiger partial charge on any atom is -0.383 e. The fraction of sp³-hybridized carbons (Fsp3) is 0.588. The number of hydrogen-bond acceptors (Lipinski definition) is 7. The highest BCUT2D eigenvalue weighted by Crippen LogP contribution is 2.28. The Morgan fingerprint density at radius 1 is 1.23 bits per heavy atom. The van der Waals surface area contributed by atoms with Crippen molar-refractivity contribution in [2.75, 3.05) is 25.7 Å². The summed E-state index contributed by atoms with van der Waals surface area (Å²) < 4.78 is 8.93. The van der Waals surface area contributed by atoms with Crippen molar-refractivity contribution in [1.29, 1.82) is 0 Å². The maximum Gasteiger partial charge on any atom is 0.163 e. The number of ether oxygens (including phenoxy) is 1. The molecule has 9 nitrogen and oxygen atoms in total. The number of rotatable bonds is 6. The number of aromatic nitrogens is 7. The molecule has 26 heavy (non-hydrogen) atoms. The van der Waals surface area contributed by atoms with Gasteiger partial charge in [-0.1, -0.05) is 20.8 Å². The summed E-state index contributed by atoms with van der Waals surface area (Å²) in [5, 5.41) is 13.5. The standard InChI is InChI=1S/C17H26N8O/c1-17(2,3)16-20-14(12-9-19-24(5)15(12)21-16)23(4)10-13-22-18-11-25(13)7-8-26-6/h9,11H,7-8,10H2,1-6H3. The third-order valence-electron chi connectivity index (χ3n) is 4.22. The van der Waals surface area contributed by atoms with Crippen molar-refractivity contribution in [3.05, 3.63) is 24.2 Å². The second-order valence-electron chi connectivity index (χ2n) is 7.42. The minimum atomic E-state index is -0.160. The first-order valence-electron chi connectivity index (χ1n) is 8.58. The summed E-state index contributed by atoms with van der Waals surface area (Å²) in [6, 6.07) is 0. The molecule has 9 heteroatoms. The molecule has 0 aliphatic carbocycles. The van der Waals surface area contributed by atoms with Crippen molar-refractivity contribution in [2.24, 2.45) is 7.05 Å². The van der Waals surface area contributed by atoms with Gasteiger partial charge < -0.3 is 14.2 Å². The molecular weight excluding hydrogens is 332 g/mol. The lowest BCUT2D eigenvalue weighted by atomic mass is 9.95. The van der Waals surface area contributed by atoms with E-state index in [2.05, 4.69) is 41.0 Å². The summed E-state index contributed by atoms with van der Waals surface area (Å²) in [6.45, 7) is 8.23. The van der Waals surface area contributed by atoms with Crippen LogP contribution < -0.4 is 4.90 Å². The first-order chi connectivity index (χ1) is 12.3. The highest BCUT2D eigenvalue weighted by atomic mass is 16.5. The number of nitrogens with zero attached hydrogens (tertiary/aromatic N) is 8. The van der Waals surface area contributed by atoms with Gasteiger partial charge in [-0.2, -0.15) is 5.10 Å². The van der Waals surface area contributed by atoms with E-state index in [1.54, 1.807) is 18.1 Å². The number of aryl methyl sites for hydroxylation is 1. The summed E-state index contributed by atoms with van der Waals surface area (Å²) >= 11 is 0. The van der Waals surface area contributed by atoms with Crippen LogP contribution in [0.5, 0.6) is 0 Å². The van der Waals surface area contributed by atoms with E-state index in [0.29, 0.717) is 19.7 Å². The van der Waals surface area contributed by atoms with Crippen LogP contribution in [0.1, 0.15) is 32.4 Å². The van der Waals surface area contributed by atoms with Crippen molar-refractivity contribution in [3.8, 4) is 0 Å². The summed E-state index contributed by atoms with van der Waals surface area (Å²) in [5.74, 6) is 2.49. The number of hydrogen-bond donors (Lipinski definition) is 0. The molecule has 0 amide bonds. The molecule has 0 bridgehead atoms. The van der Waals surface area contributed by atoms with E-state index in [1.807, 2.05) is 24.9 Å². The first-order valence-corrected chi connectivity index (χ1v) is 8.58. The minimum absolute atomic E-state index is 0.160. The van der Waals surface area contributed by atoms with Gasteiger partial charge >= 0.3 is 0 Å². The zero-order valence-corrected chi connectivity index (χ0v) is 16.3. The van der Waals surface area contributed by atoms with Crippen LogP contribution in [0.4, 0.5) is 5.82 Å². The molecule has 0 aliphatic heterocycles. The Morgan fingerprint density at radius 2 is 2.00 bits per heavy atom. The Morgan fingerprint density at radius 3 is 2.69 bits per heavy atom. The van der Waals surface area contributed by atoms with Gasteiger partial charge in [-0.3, -0.25) is 4.68 Å². The smallest absolute Gasteiger partial charge is 0.163 e. The van der Waals surface area contributed by atoms with E-state index < -0.39 is 0 Å². The van der Waals surface area contributed by atoms with Gasteiger partial charge in [-0.15, -0.1) is 10.2 Å². The molecule has 0 aliphatic rings. The van der Waals surface area contributed by atoms with Crippen LogP contribution in [-0.2, 0) is 30.3 Å². The molecule has 0 saturated carbocycles. The third-order valence-corrected chi connectivity index (χ3v) is 4.22. The van der Waals surface area contributed by atoms with Crippen LogP contribution in [0.15, 0.2) is 12.5 Å². The second-order valence-corrected chi connectivity index (χ2v) is 7.42. The first kappa shape index (κ1) is 18.2. The Hall–Kier alpha value is -2.55. The number of anilines is 1. The molecule has 3 rings (SSSR count). The van der Waals surface area contributed by atoms with E-state index in [0.717, 1.165) is 28.5 Å². The normalized spacial score (nSPS) is 12.1. The Balaban J connectivity index is 1.98. The number of fused-ring (bicyclic) bond motifs is 1. The highest BCUT2D eigenvalue weighted by Gasteiger charge is 2.23. The van der Waals surface area contributed by atoms with E-state index in [4.69, 9.17) is 14.7 Å². The van der Waals surface area contributed by atoms with Crippen molar-refractivity contribution in [3.63, 3.8) is 0 Å². The molecule has 140 valence electrons. The van der Waals surface area contributed by atoms with E-state index in [-0.39, 0.29) is 5.41 Å². The van der Waals surface area contributed by atoms with E-state index >= 15 is 0 Å². The predicted molar refractivity (Wildman–Crippen MR) is 99.0 cm³/mol. The molecule has 0 N–H and O–H groups in total. The average Bonchev–Trinajstić information content (AvgIpc) is 3.18. The zero-order valence-electron chi connectivity index (χ0n) is 16.3. The van der Waals surface area contributed by atoms with E-state index in [1.165, 1.54) is 0 Å². The Bertz CT molecular complexity index is 892. The molecule has 0 radical (unpaired) electrons. The molecule has 0 aromatic carbocycles. The molecule has 0 atom stereocenters. The highest BCUT2D eigenvalue weighted by molar-refractivity contribution is 5.86. The zero-order chi connectivity index (χ0) is 18.9. The third kappa shape index (κ3) is 3.52. The van der Waals surface area contributed by atoms with Gasteiger partial charge in [0.1, 0.15) is 18.0 Å². The van der Waals surface area contributed by atoms with Gasteiger partial charge in [0.2, 0.25) is 0 Å². The van der Waals surface area contributed by atoms with Gasteiger partial charge in [0.15, 0.2) is 11.5 Å². The molecular formula is C17H26N8O. The van der Waals surface area contributed by atoms with Crippen LogP contribution in [0, 0.1) is 0 Å². The number of methoxy groups -OCH3 is 1. The van der Waals surface area contributed by atoms with Crippen molar-refractivity contribution >= 4 is 16.9 Å². The van der Waals surface area contributed by atoms with Crippen molar-refractivity contribution in [1.82, 2.24) is 34.5 Å². The van der Waals surface area contributed by atoms with Crippen LogP contribution >= 0.6 is 0 Å². The molecule has 0 saturated heterocycles. The van der Waals surface area contributed by atoms with Gasteiger partial charge in [0.05, 0.1) is 24.7 Å². The molecule has 3 aromatic heterocycles. The summed E-state index contributed by atoms with van der Waals surface area (Å²) in [4.78, 5) is 11.6. The predicted octanol–water partition coefficient (Wildman–Crippen LogP) is 1.54. The lowest BCUT2D eigenvalue weighted by molar-refractivity contribution is 0.186. The summed E-state index contributed by atoms with van der Waals surface area (Å²) in [6.07, 6.45) is 3.53. The Labute approximate surface area is 153 Å². The summed E-state index contributed by atoms with van der Waals surface area (Å²) in [5.41, 5.74) is 0.666. The maximum atomic E-state index is 5.15. The van der Waals surface area contributed by atoms with Crippen LogP contribution in [-0.4, -0.2) is 55.3 Å². The fourth-order valence-corrected chi connectivity index (χ4v) is 2.70. The maximum absolute atomic E-state index is 5.15. The molecule has 0 fully saturated rings. The average molecular weight is 358 g/mol. The van der Waals surface area contributed by atoms with Crippen molar-refractivity contribution in [2.45, 2.75) is 39.3 Å². The largest absolute Gasteiger partial charge is 0.383 e. The van der Waals surface area contributed by atoms with Gasteiger partial charge in [-0.05, 0) is 0 Å². The quantitative estimate of drug-likeness (QED) is 0.660. The monoisotopic (exact) mass is 358 g/mol. The van der Waals surface area contributed by atoms with Gasteiger partial charge in [0, 0.05) is 33.2 Å². The van der Waals surface area contributed by atoms with Gasteiger partial charge in [0.25, 0.3) is 0 Å². The summed E-state index contributed by atoms with van der Waals surface area (Å²) in [7, 11) is 5.58. The molecule has 3 aromatic rings. The van der Waals surface area contributed by atoms with E-state index in [9.17, 15) is 0 Å². The van der Waals surface area contributed by atoms with Gasteiger partial charge in [-0.25, -0.2) is 9.97 Å². The van der Waals surface area contributed by atoms with Crippen LogP contribution in [0.2, 0.25) is 0 Å².